The number of nitrogens with zero attached hydrogens (tertiary/aromatic N) is 1. The third-order valence-electron chi connectivity index (χ3n) is 3.37. The molecule has 1 atom stereocenters. The van der Waals surface area contributed by atoms with Gasteiger partial charge in [0, 0.05) is 30.5 Å². The predicted octanol–water partition coefficient (Wildman–Crippen LogP) is 2.31. The second-order valence-electron chi connectivity index (χ2n) is 6.46. The molecule has 3 nitrogen and oxygen atoms in total. The molecule has 0 aliphatic carbocycles. The summed E-state index contributed by atoms with van der Waals surface area (Å²) in [6.07, 6.45) is 2.46. The van der Waals surface area contributed by atoms with Crippen LogP contribution >= 0.6 is 0 Å². The van der Waals surface area contributed by atoms with Gasteiger partial charge >= 0.3 is 0 Å². The predicted molar refractivity (Wildman–Crippen MR) is 82.8 cm³/mol. The first kappa shape index (κ1) is 13.4. The molecule has 1 aliphatic heterocycles. The van der Waals surface area contributed by atoms with Crippen molar-refractivity contribution in [1.29, 1.82) is 0 Å². The molecule has 0 spiro atoms. The number of nitrogen functional groups attached to an aromatic ring is 1. The first-order chi connectivity index (χ1) is 8.44. The molecule has 2 rings (SSSR count). The van der Waals surface area contributed by atoms with Gasteiger partial charge in [0.15, 0.2) is 0 Å². The lowest BCUT2D eigenvalue weighted by Crippen LogP contribution is -2.43. The molecule has 1 aromatic carbocycles. The SMILES string of the molecule is C[Si](C)(C)CNC1CCN(c2ccc(N)cc2)C1. The van der Waals surface area contributed by atoms with Gasteiger partial charge in [-0.25, -0.2) is 0 Å². The van der Waals surface area contributed by atoms with Crippen molar-refractivity contribution in [2.75, 3.05) is 29.9 Å². The van der Waals surface area contributed by atoms with Gasteiger partial charge in [-0.2, -0.15) is 0 Å². The third-order valence-corrected chi connectivity index (χ3v) is 4.63. The summed E-state index contributed by atoms with van der Waals surface area (Å²) in [6, 6.07) is 8.86. The minimum absolute atomic E-state index is 0.647. The topological polar surface area (TPSA) is 41.3 Å². The maximum atomic E-state index is 5.72. The molecule has 0 saturated carbocycles. The highest BCUT2D eigenvalue weighted by Crippen LogP contribution is 2.21. The Bertz CT molecular complexity index is 383. The lowest BCUT2D eigenvalue weighted by atomic mass is 10.2. The fraction of sp³-hybridized carbons (Fsp3) is 0.571. The molecular formula is C14H25N3Si. The Balaban J connectivity index is 1.86. The van der Waals surface area contributed by atoms with Gasteiger partial charge in [0.2, 0.25) is 0 Å². The highest BCUT2D eigenvalue weighted by Gasteiger charge is 2.24. The van der Waals surface area contributed by atoms with E-state index in [1.54, 1.807) is 0 Å². The van der Waals surface area contributed by atoms with Gasteiger partial charge in [-0.05, 0) is 36.9 Å². The van der Waals surface area contributed by atoms with Crippen molar-refractivity contribution in [2.45, 2.75) is 32.1 Å². The second kappa shape index (κ2) is 5.32. The van der Waals surface area contributed by atoms with E-state index in [0.29, 0.717) is 6.04 Å². The minimum Gasteiger partial charge on any atom is -0.399 e. The summed E-state index contributed by atoms with van der Waals surface area (Å²) >= 11 is 0. The summed E-state index contributed by atoms with van der Waals surface area (Å²) in [5, 5.41) is 3.73. The van der Waals surface area contributed by atoms with Crippen LogP contribution in [0.5, 0.6) is 0 Å². The van der Waals surface area contributed by atoms with Gasteiger partial charge in [0.1, 0.15) is 0 Å². The van der Waals surface area contributed by atoms with Gasteiger partial charge in [0.25, 0.3) is 0 Å². The molecule has 0 aromatic heterocycles. The molecule has 18 heavy (non-hydrogen) atoms. The Morgan fingerprint density at radius 2 is 1.94 bits per heavy atom. The number of hydrogen-bond acceptors (Lipinski definition) is 3. The number of rotatable bonds is 4. The van der Waals surface area contributed by atoms with E-state index in [9.17, 15) is 0 Å². The highest BCUT2D eigenvalue weighted by atomic mass is 28.3. The first-order valence-electron chi connectivity index (χ1n) is 6.78. The van der Waals surface area contributed by atoms with E-state index < -0.39 is 8.07 Å². The van der Waals surface area contributed by atoms with Crippen molar-refractivity contribution < 1.29 is 0 Å². The number of hydrogen-bond donors (Lipinski definition) is 2. The van der Waals surface area contributed by atoms with Crippen LogP contribution in [0.25, 0.3) is 0 Å². The van der Waals surface area contributed by atoms with Crippen LogP contribution in [0.3, 0.4) is 0 Å². The standard InChI is InChI=1S/C14H25N3Si/c1-18(2,3)11-16-13-8-9-17(10-13)14-6-4-12(15)5-7-14/h4-7,13,16H,8-11,15H2,1-3H3. The molecule has 1 unspecified atom stereocenters. The zero-order valence-corrected chi connectivity index (χ0v) is 12.7. The number of nitrogens with one attached hydrogen (secondary N) is 1. The lowest BCUT2D eigenvalue weighted by Gasteiger charge is -2.22. The van der Waals surface area contributed by atoms with Gasteiger partial charge in [-0.15, -0.1) is 0 Å². The zero-order chi connectivity index (χ0) is 13.2. The van der Waals surface area contributed by atoms with Crippen LogP contribution in [0, 0.1) is 0 Å². The van der Waals surface area contributed by atoms with Crippen LogP contribution in [0.4, 0.5) is 11.4 Å². The van der Waals surface area contributed by atoms with E-state index in [1.807, 2.05) is 12.1 Å². The fourth-order valence-electron chi connectivity index (χ4n) is 2.30. The van der Waals surface area contributed by atoms with Crippen LogP contribution in [0.2, 0.25) is 19.6 Å². The number of nitrogens with two attached hydrogens (primary N) is 1. The van der Waals surface area contributed by atoms with E-state index in [1.165, 1.54) is 18.3 Å². The zero-order valence-electron chi connectivity index (χ0n) is 11.7. The Kier molecular flexibility index (Phi) is 3.97. The van der Waals surface area contributed by atoms with E-state index in [0.717, 1.165) is 18.8 Å². The molecule has 3 N–H and O–H groups in total. The van der Waals surface area contributed by atoms with Gasteiger partial charge in [-0.3, -0.25) is 0 Å². The Hall–Kier alpha value is -1.00. The van der Waals surface area contributed by atoms with E-state index >= 15 is 0 Å². The molecule has 100 valence electrons. The van der Waals surface area contributed by atoms with Gasteiger partial charge < -0.3 is 16.0 Å². The largest absolute Gasteiger partial charge is 0.399 e. The molecule has 1 aliphatic rings. The minimum atomic E-state index is -0.980. The summed E-state index contributed by atoms with van der Waals surface area (Å²) in [4.78, 5) is 2.45. The van der Waals surface area contributed by atoms with Crippen LogP contribution in [-0.4, -0.2) is 33.4 Å². The number of benzene rings is 1. The van der Waals surface area contributed by atoms with Gasteiger partial charge in [0.05, 0.1) is 8.07 Å². The maximum absolute atomic E-state index is 5.72. The molecule has 1 saturated heterocycles. The van der Waals surface area contributed by atoms with Crippen molar-refractivity contribution in [1.82, 2.24) is 5.32 Å². The van der Waals surface area contributed by atoms with Crippen LogP contribution < -0.4 is 16.0 Å². The first-order valence-corrected chi connectivity index (χ1v) is 10.5. The molecule has 0 radical (unpaired) electrons. The highest BCUT2D eigenvalue weighted by molar-refractivity contribution is 6.76. The summed E-state index contributed by atoms with van der Waals surface area (Å²) in [5.41, 5.74) is 7.85. The molecular weight excluding hydrogens is 238 g/mol. The van der Waals surface area contributed by atoms with E-state index in [2.05, 4.69) is 42.0 Å². The average molecular weight is 263 g/mol. The summed E-state index contributed by atoms with van der Waals surface area (Å²) in [6.45, 7) is 9.49. The maximum Gasteiger partial charge on any atom is 0.0596 e. The fourth-order valence-corrected chi connectivity index (χ4v) is 3.20. The van der Waals surface area contributed by atoms with Crippen molar-refractivity contribution in [3.63, 3.8) is 0 Å². The Labute approximate surface area is 111 Å². The Morgan fingerprint density at radius 3 is 2.56 bits per heavy atom. The Morgan fingerprint density at radius 1 is 1.28 bits per heavy atom. The normalized spacial score (nSPS) is 20.4. The molecule has 4 heteroatoms. The van der Waals surface area contributed by atoms with E-state index in [4.69, 9.17) is 5.73 Å². The molecule has 1 heterocycles. The summed E-state index contributed by atoms with van der Waals surface area (Å²) in [7, 11) is -0.980. The second-order valence-corrected chi connectivity index (χ2v) is 11.9. The van der Waals surface area contributed by atoms with Crippen molar-refractivity contribution in [3.05, 3.63) is 24.3 Å². The van der Waals surface area contributed by atoms with Crippen molar-refractivity contribution in [3.8, 4) is 0 Å². The molecule has 1 fully saturated rings. The quantitative estimate of drug-likeness (QED) is 0.647. The van der Waals surface area contributed by atoms with E-state index in [-0.39, 0.29) is 0 Å². The molecule has 0 bridgehead atoms. The summed E-state index contributed by atoms with van der Waals surface area (Å²) in [5.74, 6) is 0. The lowest BCUT2D eigenvalue weighted by molar-refractivity contribution is 0.597. The smallest absolute Gasteiger partial charge is 0.0596 e. The van der Waals surface area contributed by atoms with Crippen molar-refractivity contribution in [2.24, 2.45) is 0 Å². The van der Waals surface area contributed by atoms with Gasteiger partial charge in [-0.1, -0.05) is 19.6 Å². The van der Waals surface area contributed by atoms with Crippen LogP contribution in [0.1, 0.15) is 6.42 Å². The number of anilines is 2. The third kappa shape index (κ3) is 3.75. The summed E-state index contributed by atoms with van der Waals surface area (Å²) < 4.78 is 0. The molecule has 0 amide bonds. The van der Waals surface area contributed by atoms with Crippen LogP contribution in [-0.2, 0) is 0 Å². The van der Waals surface area contributed by atoms with Crippen molar-refractivity contribution >= 4 is 19.4 Å². The molecule has 1 aromatic rings. The van der Waals surface area contributed by atoms with Crippen LogP contribution in [0.15, 0.2) is 24.3 Å². The average Bonchev–Trinajstić information content (AvgIpc) is 2.75. The monoisotopic (exact) mass is 263 g/mol.